The molecular formula is C14H22N4O. The lowest BCUT2D eigenvalue weighted by Gasteiger charge is -2.32. The van der Waals surface area contributed by atoms with Crippen molar-refractivity contribution >= 4 is 11.6 Å². The number of nitrogens with zero attached hydrogens (tertiary/aromatic N) is 3. The van der Waals surface area contributed by atoms with Crippen LogP contribution >= 0.6 is 0 Å². The van der Waals surface area contributed by atoms with Crippen molar-refractivity contribution in [2.24, 2.45) is 0 Å². The van der Waals surface area contributed by atoms with Gasteiger partial charge in [0.25, 0.3) is 0 Å². The van der Waals surface area contributed by atoms with Gasteiger partial charge in [0.15, 0.2) is 0 Å². The molecule has 5 heteroatoms. The molecule has 104 valence electrons. The molecule has 1 unspecified atom stereocenters. The fraction of sp³-hybridized carbons (Fsp3) is 0.714. The van der Waals surface area contributed by atoms with Crippen molar-refractivity contribution in [3.05, 3.63) is 11.4 Å². The van der Waals surface area contributed by atoms with Gasteiger partial charge in [0, 0.05) is 31.6 Å². The molecule has 1 aliphatic carbocycles. The molecule has 2 heterocycles. The van der Waals surface area contributed by atoms with Gasteiger partial charge in [-0.25, -0.2) is 9.97 Å². The summed E-state index contributed by atoms with van der Waals surface area (Å²) in [6, 6.07) is 0. The molecular weight excluding hydrogens is 240 g/mol. The van der Waals surface area contributed by atoms with E-state index in [9.17, 15) is 5.11 Å². The summed E-state index contributed by atoms with van der Waals surface area (Å²) >= 11 is 0. The summed E-state index contributed by atoms with van der Waals surface area (Å²) < 4.78 is 0. The zero-order valence-electron chi connectivity index (χ0n) is 11.7. The minimum absolute atomic E-state index is 0.231. The van der Waals surface area contributed by atoms with E-state index in [1.54, 1.807) is 0 Å². The molecule has 5 nitrogen and oxygen atoms in total. The van der Waals surface area contributed by atoms with Crippen LogP contribution in [-0.4, -0.2) is 41.3 Å². The fourth-order valence-corrected chi connectivity index (χ4v) is 2.74. The van der Waals surface area contributed by atoms with E-state index in [0.717, 1.165) is 42.4 Å². The second-order valence-corrected chi connectivity index (χ2v) is 5.65. The first kappa shape index (κ1) is 12.7. The molecule has 1 aromatic rings. The Kier molecular flexibility index (Phi) is 3.31. The quantitative estimate of drug-likeness (QED) is 0.867. The van der Waals surface area contributed by atoms with Crippen LogP contribution in [0.25, 0.3) is 0 Å². The number of rotatable bonds is 3. The lowest BCUT2D eigenvalue weighted by Crippen LogP contribution is -2.39. The van der Waals surface area contributed by atoms with Crippen molar-refractivity contribution in [2.75, 3.05) is 30.4 Å². The number of aromatic nitrogens is 2. The van der Waals surface area contributed by atoms with Gasteiger partial charge in [0.2, 0.25) is 0 Å². The Morgan fingerprint density at radius 2 is 2.05 bits per heavy atom. The normalized spacial score (nSPS) is 23.5. The maximum Gasteiger partial charge on any atom is 0.137 e. The molecule has 3 rings (SSSR count). The molecule has 1 saturated heterocycles. The lowest BCUT2D eigenvalue weighted by molar-refractivity contribution is 0.154. The Hall–Kier alpha value is -1.36. The van der Waals surface area contributed by atoms with E-state index in [0.29, 0.717) is 12.5 Å². The van der Waals surface area contributed by atoms with Crippen LogP contribution in [-0.2, 0) is 0 Å². The number of hydrogen-bond acceptors (Lipinski definition) is 5. The SMILES string of the molecule is CNc1nc(C2CC2)nc(N2CCCC(O)C2)c1C. The molecule has 1 aromatic heterocycles. The van der Waals surface area contributed by atoms with Crippen LogP contribution in [0.5, 0.6) is 0 Å². The van der Waals surface area contributed by atoms with Crippen molar-refractivity contribution in [3.63, 3.8) is 0 Å². The van der Waals surface area contributed by atoms with Crippen molar-refractivity contribution in [3.8, 4) is 0 Å². The largest absolute Gasteiger partial charge is 0.391 e. The molecule has 19 heavy (non-hydrogen) atoms. The highest BCUT2D eigenvalue weighted by atomic mass is 16.3. The molecule has 0 spiro atoms. The van der Waals surface area contributed by atoms with Crippen LogP contribution in [0.4, 0.5) is 11.6 Å². The van der Waals surface area contributed by atoms with Gasteiger partial charge in [-0.3, -0.25) is 0 Å². The third-order valence-corrected chi connectivity index (χ3v) is 4.01. The van der Waals surface area contributed by atoms with Gasteiger partial charge >= 0.3 is 0 Å². The summed E-state index contributed by atoms with van der Waals surface area (Å²) in [7, 11) is 1.90. The Bertz CT molecular complexity index is 473. The molecule has 2 N–H and O–H groups in total. The highest BCUT2D eigenvalue weighted by Gasteiger charge is 2.29. The van der Waals surface area contributed by atoms with Gasteiger partial charge < -0.3 is 15.3 Å². The first-order valence-electron chi connectivity index (χ1n) is 7.18. The summed E-state index contributed by atoms with van der Waals surface area (Å²) in [5, 5.41) is 13.0. The Morgan fingerprint density at radius 3 is 2.68 bits per heavy atom. The Balaban J connectivity index is 1.95. The van der Waals surface area contributed by atoms with Crippen LogP contribution in [0, 0.1) is 6.92 Å². The molecule has 0 radical (unpaired) electrons. The second-order valence-electron chi connectivity index (χ2n) is 5.65. The number of piperidine rings is 1. The molecule has 1 aliphatic heterocycles. The van der Waals surface area contributed by atoms with E-state index in [2.05, 4.69) is 22.1 Å². The fourth-order valence-electron chi connectivity index (χ4n) is 2.74. The van der Waals surface area contributed by atoms with Crippen molar-refractivity contribution in [1.29, 1.82) is 0 Å². The van der Waals surface area contributed by atoms with Gasteiger partial charge in [0.1, 0.15) is 17.5 Å². The summed E-state index contributed by atoms with van der Waals surface area (Å²) in [4.78, 5) is 11.6. The summed E-state index contributed by atoms with van der Waals surface area (Å²) in [6.45, 7) is 3.71. The van der Waals surface area contributed by atoms with Crippen LogP contribution in [0.3, 0.4) is 0 Å². The van der Waals surface area contributed by atoms with Crippen LogP contribution in [0.2, 0.25) is 0 Å². The van der Waals surface area contributed by atoms with Crippen molar-refractivity contribution in [1.82, 2.24) is 9.97 Å². The second kappa shape index (κ2) is 4.96. The highest BCUT2D eigenvalue weighted by molar-refractivity contribution is 5.59. The van der Waals surface area contributed by atoms with Gasteiger partial charge in [-0.1, -0.05) is 0 Å². The highest BCUT2D eigenvalue weighted by Crippen LogP contribution is 2.40. The molecule has 2 aliphatic rings. The number of nitrogens with one attached hydrogen (secondary N) is 1. The number of aliphatic hydroxyl groups excluding tert-OH is 1. The molecule has 0 amide bonds. The standard InChI is InChI=1S/C14H22N4O/c1-9-12(15-2)16-13(10-5-6-10)17-14(9)18-7-3-4-11(19)8-18/h10-11,19H,3-8H2,1-2H3,(H,15,16,17). The van der Waals surface area contributed by atoms with Crippen molar-refractivity contribution in [2.45, 2.75) is 44.6 Å². The zero-order valence-corrected chi connectivity index (χ0v) is 11.7. The molecule has 0 bridgehead atoms. The molecule has 1 atom stereocenters. The first-order chi connectivity index (χ1) is 9.19. The Labute approximate surface area is 114 Å². The Morgan fingerprint density at radius 1 is 1.26 bits per heavy atom. The third kappa shape index (κ3) is 2.52. The number of hydrogen-bond donors (Lipinski definition) is 2. The molecule has 1 saturated carbocycles. The maximum absolute atomic E-state index is 9.85. The van der Waals surface area contributed by atoms with Gasteiger partial charge in [-0.15, -0.1) is 0 Å². The van der Waals surface area contributed by atoms with E-state index in [1.165, 1.54) is 12.8 Å². The summed E-state index contributed by atoms with van der Waals surface area (Å²) in [5.41, 5.74) is 1.08. The van der Waals surface area contributed by atoms with E-state index in [4.69, 9.17) is 4.98 Å². The zero-order chi connectivity index (χ0) is 13.4. The number of aliphatic hydroxyl groups is 1. The minimum atomic E-state index is -0.231. The van der Waals surface area contributed by atoms with Gasteiger partial charge in [-0.2, -0.15) is 0 Å². The lowest BCUT2D eigenvalue weighted by atomic mass is 10.1. The number of β-amino-alcohol motifs (C(OH)–C–C–N with tert-alkyl or cyclic N) is 1. The maximum atomic E-state index is 9.85. The summed E-state index contributed by atoms with van der Waals surface area (Å²) in [5.74, 6) is 3.43. The topological polar surface area (TPSA) is 61.3 Å². The average Bonchev–Trinajstić information content (AvgIpc) is 3.23. The van der Waals surface area contributed by atoms with Crippen LogP contribution in [0.1, 0.15) is 43.0 Å². The van der Waals surface area contributed by atoms with E-state index < -0.39 is 0 Å². The monoisotopic (exact) mass is 262 g/mol. The van der Waals surface area contributed by atoms with Gasteiger partial charge in [0.05, 0.1) is 6.10 Å². The van der Waals surface area contributed by atoms with Gasteiger partial charge in [-0.05, 0) is 32.6 Å². The molecule has 0 aromatic carbocycles. The minimum Gasteiger partial charge on any atom is -0.391 e. The predicted octanol–water partition coefficient (Wildman–Crippen LogP) is 1.67. The third-order valence-electron chi connectivity index (χ3n) is 4.01. The number of anilines is 2. The first-order valence-corrected chi connectivity index (χ1v) is 7.18. The predicted molar refractivity (Wildman–Crippen MR) is 75.7 cm³/mol. The van der Waals surface area contributed by atoms with Crippen molar-refractivity contribution < 1.29 is 5.11 Å². The van der Waals surface area contributed by atoms with Crippen LogP contribution in [0.15, 0.2) is 0 Å². The van der Waals surface area contributed by atoms with Crippen LogP contribution < -0.4 is 10.2 Å². The summed E-state index contributed by atoms with van der Waals surface area (Å²) in [6.07, 6.45) is 4.10. The average molecular weight is 262 g/mol. The van der Waals surface area contributed by atoms with E-state index in [1.807, 2.05) is 7.05 Å². The smallest absolute Gasteiger partial charge is 0.137 e. The molecule has 2 fully saturated rings. The van der Waals surface area contributed by atoms with E-state index >= 15 is 0 Å². The van der Waals surface area contributed by atoms with E-state index in [-0.39, 0.29) is 6.10 Å².